The van der Waals surface area contributed by atoms with Crippen LogP contribution in [0.1, 0.15) is 28.4 Å². The van der Waals surface area contributed by atoms with E-state index in [4.69, 9.17) is 4.74 Å². The normalized spacial score (nSPS) is 15.3. The molecule has 0 bridgehead atoms. The van der Waals surface area contributed by atoms with E-state index < -0.39 is 17.7 Å². The van der Waals surface area contributed by atoms with Gasteiger partial charge < -0.3 is 9.84 Å². The monoisotopic (exact) mass is 262 g/mol. The SMILES string of the molecule is OC(c1ccc2c(c1)COC2)c1cccc(F)c1F. The van der Waals surface area contributed by atoms with Crippen LogP contribution >= 0.6 is 0 Å². The molecule has 0 aliphatic carbocycles. The van der Waals surface area contributed by atoms with Crippen molar-refractivity contribution in [3.8, 4) is 0 Å². The summed E-state index contributed by atoms with van der Waals surface area (Å²) in [5.74, 6) is -1.97. The van der Waals surface area contributed by atoms with Gasteiger partial charge >= 0.3 is 0 Å². The van der Waals surface area contributed by atoms with E-state index in [0.717, 1.165) is 17.2 Å². The first-order chi connectivity index (χ1) is 9.16. The smallest absolute Gasteiger partial charge is 0.164 e. The van der Waals surface area contributed by atoms with Gasteiger partial charge in [0.25, 0.3) is 0 Å². The first-order valence-electron chi connectivity index (χ1n) is 5.98. The molecule has 0 spiro atoms. The molecule has 0 saturated heterocycles. The van der Waals surface area contributed by atoms with Crippen LogP contribution in [-0.2, 0) is 18.0 Å². The minimum Gasteiger partial charge on any atom is -0.384 e. The molecule has 2 nitrogen and oxygen atoms in total. The van der Waals surface area contributed by atoms with Crippen LogP contribution in [-0.4, -0.2) is 5.11 Å². The summed E-state index contributed by atoms with van der Waals surface area (Å²) >= 11 is 0. The second-order valence-corrected chi connectivity index (χ2v) is 4.57. The van der Waals surface area contributed by atoms with Gasteiger partial charge in [0.1, 0.15) is 6.10 Å². The van der Waals surface area contributed by atoms with Crippen molar-refractivity contribution in [3.63, 3.8) is 0 Å². The zero-order valence-corrected chi connectivity index (χ0v) is 10.1. The van der Waals surface area contributed by atoms with Gasteiger partial charge in [0.2, 0.25) is 0 Å². The molecule has 3 rings (SSSR count). The van der Waals surface area contributed by atoms with E-state index in [1.807, 2.05) is 6.07 Å². The van der Waals surface area contributed by atoms with E-state index in [2.05, 4.69) is 0 Å². The molecule has 2 aromatic rings. The second-order valence-electron chi connectivity index (χ2n) is 4.57. The molecule has 0 radical (unpaired) electrons. The molecule has 4 heteroatoms. The van der Waals surface area contributed by atoms with Gasteiger partial charge in [-0.25, -0.2) is 8.78 Å². The van der Waals surface area contributed by atoms with Crippen LogP contribution in [0.5, 0.6) is 0 Å². The Bertz CT molecular complexity index is 626. The number of hydrogen-bond acceptors (Lipinski definition) is 2. The number of aliphatic hydroxyl groups excluding tert-OH is 1. The van der Waals surface area contributed by atoms with E-state index in [1.165, 1.54) is 12.1 Å². The van der Waals surface area contributed by atoms with Gasteiger partial charge in [-0.05, 0) is 22.8 Å². The molecule has 1 atom stereocenters. The predicted molar refractivity (Wildman–Crippen MR) is 65.4 cm³/mol. The van der Waals surface area contributed by atoms with Crippen LogP contribution in [0.15, 0.2) is 36.4 Å². The maximum Gasteiger partial charge on any atom is 0.164 e. The van der Waals surface area contributed by atoms with E-state index in [1.54, 1.807) is 12.1 Å². The highest BCUT2D eigenvalue weighted by molar-refractivity contribution is 5.38. The molecule has 1 aliphatic heterocycles. The molecule has 19 heavy (non-hydrogen) atoms. The average molecular weight is 262 g/mol. The molecule has 0 fully saturated rings. The van der Waals surface area contributed by atoms with Crippen molar-refractivity contribution in [2.24, 2.45) is 0 Å². The first kappa shape index (κ1) is 12.3. The van der Waals surface area contributed by atoms with Crippen LogP contribution in [0, 0.1) is 11.6 Å². The fraction of sp³-hybridized carbons (Fsp3) is 0.200. The number of fused-ring (bicyclic) bond motifs is 1. The van der Waals surface area contributed by atoms with Gasteiger partial charge in [0.15, 0.2) is 11.6 Å². The Kier molecular flexibility index (Phi) is 3.05. The largest absolute Gasteiger partial charge is 0.384 e. The summed E-state index contributed by atoms with van der Waals surface area (Å²) in [7, 11) is 0. The number of halogens is 2. The Hall–Kier alpha value is -1.78. The van der Waals surface area contributed by atoms with Gasteiger partial charge in [-0.3, -0.25) is 0 Å². The summed E-state index contributed by atoms with van der Waals surface area (Å²) in [6.45, 7) is 1.04. The maximum atomic E-state index is 13.7. The van der Waals surface area contributed by atoms with Crippen molar-refractivity contribution in [1.29, 1.82) is 0 Å². The molecule has 1 unspecified atom stereocenters. The Morgan fingerprint density at radius 1 is 1.05 bits per heavy atom. The molecule has 0 aromatic heterocycles. The summed E-state index contributed by atoms with van der Waals surface area (Å²) in [4.78, 5) is 0. The highest BCUT2D eigenvalue weighted by Gasteiger charge is 2.20. The van der Waals surface area contributed by atoms with Crippen molar-refractivity contribution in [3.05, 3.63) is 70.3 Å². The summed E-state index contributed by atoms with van der Waals surface area (Å²) < 4.78 is 32.1. The van der Waals surface area contributed by atoms with Gasteiger partial charge in [-0.2, -0.15) is 0 Å². The predicted octanol–water partition coefficient (Wildman–Crippen LogP) is 3.08. The van der Waals surface area contributed by atoms with E-state index in [9.17, 15) is 13.9 Å². The topological polar surface area (TPSA) is 29.5 Å². The lowest BCUT2D eigenvalue weighted by Crippen LogP contribution is -2.04. The molecular weight excluding hydrogens is 250 g/mol. The van der Waals surface area contributed by atoms with Crippen molar-refractivity contribution in [2.45, 2.75) is 19.3 Å². The summed E-state index contributed by atoms with van der Waals surface area (Å²) in [6, 6.07) is 9.13. The van der Waals surface area contributed by atoms with Crippen LogP contribution < -0.4 is 0 Å². The number of aliphatic hydroxyl groups is 1. The number of benzene rings is 2. The second kappa shape index (κ2) is 4.72. The molecule has 0 saturated carbocycles. The summed E-state index contributed by atoms with van der Waals surface area (Å²) in [6.07, 6.45) is -1.18. The highest BCUT2D eigenvalue weighted by atomic mass is 19.2. The fourth-order valence-electron chi connectivity index (χ4n) is 2.27. The third-order valence-corrected chi connectivity index (χ3v) is 3.34. The van der Waals surface area contributed by atoms with Crippen LogP contribution in [0.25, 0.3) is 0 Å². The molecule has 2 aromatic carbocycles. The van der Waals surface area contributed by atoms with Crippen LogP contribution in [0.4, 0.5) is 8.78 Å². The van der Waals surface area contributed by atoms with Crippen molar-refractivity contribution >= 4 is 0 Å². The average Bonchev–Trinajstić information content (AvgIpc) is 2.88. The maximum absolute atomic E-state index is 13.7. The van der Waals surface area contributed by atoms with Gasteiger partial charge in [-0.15, -0.1) is 0 Å². The van der Waals surface area contributed by atoms with E-state index >= 15 is 0 Å². The number of hydrogen-bond donors (Lipinski definition) is 1. The molecule has 0 amide bonds. The van der Waals surface area contributed by atoms with Crippen molar-refractivity contribution in [2.75, 3.05) is 0 Å². The van der Waals surface area contributed by atoms with Crippen molar-refractivity contribution < 1.29 is 18.6 Å². The molecule has 1 N–H and O–H groups in total. The standard InChI is InChI=1S/C15H12F2O2/c16-13-3-1-2-12(14(13)17)15(18)9-4-5-10-7-19-8-11(10)6-9/h1-6,15,18H,7-8H2. The zero-order chi connectivity index (χ0) is 13.4. The Balaban J connectivity index is 2.00. The van der Waals surface area contributed by atoms with Crippen molar-refractivity contribution in [1.82, 2.24) is 0 Å². The van der Waals surface area contributed by atoms with E-state index in [0.29, 0.717) is 18.8 Å². The van der Waals surface area contributed by atoms with Gasteiger partial charge in [0, 0.05) is 5.56 Å². The quantitative estimate of drug-likeness (QED) is 0.901. The molecule has 98 valence electrons. The van der Waals surface area contributed by atoms with Gasteiger partial charge in [-0.1, -0.05) is 30.3 Å². The molecular formula is C15H12F2O2. The number of rotatable bonds is 2. The minimum absolute atomic E-state index is 0.0566. The lowest BCUT2D eigenvalue weighted by molar-refractivity contribution is 0.134. The Labute approximate surface area is 109 Å². The minimum atomic E-state index is -1.18. The summed E-state index contributed by atoms with van der Waals surface area (Å²) in [5, 5.41) is 10.2. The lowest BCUT2D eigenvalue weighted by Gasteiger charge is -2.13. The first-order valence-corrected chi connectivity index (χ1v) is 5.98. The Morgan fingerprint density at radius 3 is 2.68 bits per heavy atom. The lowest BCUT2D eigenvalue weighted by atomic mass is 9.97. The van der Waals surface area contributed by atoms with Crippen LogP contribution in [0.3, 0.4) is 0 Å². The third-order valence-electron chi connectivity index (χ3n) is 3.34. The zero-order valence-electron chi connectivity index (χ0n) is 10.1. The van der Waals surface area contributed by atoms with Gasteiger partial charge in [0.05, 0.1) is 13.2 Å². The fourth-order valence-corrected chi connectivity index (χ4v) is 2.27. The third kappa shape index (κ3) is 2.13. The van der Waals surface area contributed by atoms with E-state index in [-0.39, 0.29) is 5.56 Å². The molecule has 1 aliphatic rings. The Morgan fingerprint density at radius 2 is 1.84 bits per heavy atom. The highest BCUT2D eigenvalue weighted by Crippen LogP contribution is 2.29. The number of ether oxygens (including phenoxy) is 1. The van der Waals surface area contributed by atoms with Crippen LogP contribution in [0.2, 0.25) is 0 Å². The summed E-state index contributed by atoms with van der Waals surface area (Å²) in [5.41, 5.74) is 2.52. The molecule has 1 heterocycles.